The second kappa shape index (κ2) is 9.01. The van der Waals surface area contributed by atoms with Crippen LogP contribution in [-0.2, 0) is 28.6 Å². The van der Waals surface area contributed by atoms with Gasteiger partial charge in [0.2, 0.25) is 0 Å². The van der Waals surface area contributed by atoms with Gasteiger partial charge < -0.3 is 14.2 Å². The van der Waals surface area contributed by atoms with Gasteiger partial charge in [-0.05, 0) is 57.6 Å². The Hall–Kier alpha value is -2.37. The van der Waals surface area contributed by atoms with Gasteiger partial charge in [0.1, 0.15) is 18.3 Å². The number of allylic oxidation sites excluding steroid dienone is 2. The van der Waals surface area contributed by atoms with Crippen molar-refractivity contribution in [3.63, 3.8) is 0 Å². The average Bonchev–Trinajstić information content (AvgIpc) is 2.96. The van der Waals surface area contributed by atoms with Crippen molar-refractivity contribution >= 4 is 17.9 Å². The highest BCUT2D eigenvalue weighted by Crippen LogP contribution is 2.52. The molecule has 0 aromatic heterocycles. The molecule has 1 aliphatic heterocycles. The van der Waals surface area contributed by atoms with Gasteiger partial charge in [-0.25, -0.2) is 4.79 Å². The van der Waals surface area contributed by atoms with Crippen molar-refractivity contribution in [2.75, 3.05) is 0 Å². The number of carbonyl (C=O) groups is 3. The van der Waals surface area contributed by atoms with Crippen LogP contribution in [0.1, 0.15) is 73.6 Å². The average molecular weight is 431 g/mol. The minimum absolute atomic E-state index is 0.0611. The van der Waals surface area contributed by atoms with Crippen molar-refractivity contribution in [2.24, 2.45) is 11.3 Å². The summed E-state index contributed by atoms with van der Waals surface area (Å²) >= 11 is 0. The third-order valence-corrected chi connectivity index (χ3v) is 7.24. The number of carbonyl (C=O) groups excluding carboxylic acids is 3. The van der Waals surface area contributed by atoms with E-state index in [4.69, 9.17) is 14.2 Å². The molecule has 0 saturated heterocycles. The quantitative estimate of drug-likeness (QED) is 0.370. The first-order chi connectivity index (χ1) is 14.6. The molecule has 0 amide bonds. The van der Waals surface area contributed by atoms with Crippen LogP contribution in [0.3, 0.4) is 0 Å². The van der Waals surface area contributed by atoms with Gasteiger partial charge in [-0.2, -0.15) is 0 Å². The zero-order valence-corrected chi connectivity index (χ0v) is 19.4. The van der Waals surface area contributed by atoms with Gasteiger partial charge in [0.05, 0.1) is 0 Å². The molecule has 6 nitrogen and oxygen atoms in total. The molecule has 0 unspecified atom stereocenters. The Kier molecular flexibility index (Phi) is 6.77. The molecule has 0 aromatic rings. The highest BCUT2D eigenvalue weighted by Gasteiger charge is 2.54. The summed E-state index contributed by atoms with van der Waals surface area (Å²) in [5.74, 6) is -0.952. The number of hydrogen-bond donors (Lipinski definition) is 0. The van der Waals surface area contributed by atoms with E-state index in [2.05, 4.69) is 19.9 Å². The second-order valence-electron chi connectivity index (χ2n) is 9.26. The lowest BCUT2D eigenvalue weighted by Gasteiger charge is -2.50. The molecule has 5 atom stereocenters. The monoisotopic (exact) mass is 430 g/mol. The first-order valence-corrected chi connectivity index (χ1v) is 11.2. The Morgan fingerprint density at radius 2 is 1.90 bits per heavy atom. The van der Waals surface area contributed by atoms with E-state index in [1.54, 1.807) is 6.92 Å². The molecule has 1 heterocycles. The van der Waals surface area contributed by atoms with Crippen molar-refractivity contribution in [3.8, 4) is 0 Å². The summed E-state index contributed by atoms with van der Waals surface area (Å²) in [5.41, 5.74) is 3.21. The van der Waals surface area contributed by atoms with Crippen LogP contribution in [0.5, 0.6) is 0 Å². The fourth-order valence-electron chi connectivity index (χ4n) is 5.27. The Labute approximate surface area is 184 Å². The van der Waals surface area contributed by atoms with Crippen LogP contribution in [-0.4, -0.2) is 36.2 Å². The van der Waals surface area contributed by atoms with E-state index in [0.29, 0.717) is 31.3 Å². The van der Waals surface area contributed by atoms with Crippen molar-refractivity contribution in [3.05, 3.63) is 34.4 Å². The van der Waals surface area contributed by atoms with Gasteiger partial charge in [0.15, 0.2) is 0 Å². The lowest BCUT2D eigenvalue weighted by atomic mass is 9.59. The van der Waals surface area contributed by atoms with Crippen LogP contribution in [0, 0.1) is 11.3 Å². The van der Waals surface area contributed by atoms with Crippen LogP contribution in [0.4, 0.5) is 0 Å². The molecule has 0 bridgehead atoms. The first kappa shape index (κ1) is 23.3. The molecule has 0 radical (unpaired) electrons. The first-order valence-electron chi connectivity index (χ1n) is 11.2. The van der Waals surface area contributed by atoms with E-state index >= 15 is 0 Å². The van der Waals surface area contributed by atoms with Gasteiger partial charge in [-0.1, -0.05) is 31.1 Å². The normalized spacial score (nSPS) is 35.1. The maximum absolute atomic E-state index is 12.4. The summed E-state index contributed by atoms with van der Waals surface area (Å²) in [4.78, 5) is 36.7. The van der Waals surface area contributed by atoms with Crippen LogP contribution in [0.25, 0.3) is 0 Å². The molecule has 0 spiro atoms. The van der Waals surface area contributed by atoms with E-state index in [0.717, 1.165) is 16.7 Å². The molecule has 0 N–H and O–H groups in total. The van der Waals surface area contributed by atoms with Crippen LogP contribution in [0.2, 0.25) is 0 Å². The summed E-state index contributed by atoms with van der Waals surface area (Å²) in [5, 5.41) is 0. The standard InChI is InChI=1S/C25H34O6/c1-7-23(27)31-22-10-8-14(2)12-20-18(16(4)24(28)30-20)13-19-15(3)9-11-21(25(19,22)6)29-17(5)26/h9,12,19-22H,7-8,10-11,13H2,1-6H3/b14-12-/t19-,20+,21-,22-,25+/m0/s1. The molecule has 6 heteroatoms. The Bertz CT molecular complexity index is 863. The number of rotatable bonds is 3. The lowest BCUT2D eigenvalue weighted by molar-refractivity contribution is -0.180. The molecule has 0 fully saturated rings. The van der Waals surface area contributed by atoms with Gasteiger partial charge >= 0.3 is 17.9 Å². The van der Waals surface area contributed by atoms with Crippen molar-refractivity contribution in [1.29, 1.82) is 0 Å². The SMILES string of the molecule is CCC(=O)O[C@H]1CC/C(C)=C\[C@H]2OC(=O)C(C)=C2C[C@H]2C(C)=CC[C@H](OC(C)=O)[C@]12C. The summed E-state index contributed by atoms with van der Waals surface area (Å²) in [6.07, 6.45) is 5.66. The van der Waals surface area contributed by atoms with Crippen LogP contribution >= 0.6 is 0 Å². The molecule has 31 heavy (non-hydrogen) atoms. The van der Waals surface area contributed by atoms with Crippen LogP contribution < -0.4 is 0 Å². The third-order valence-electron chi connectivity index (χ3n) is 7.24. The summed E-state index contributed by atoms with van der Waals surface area (Å²) in [6, 6.07) is 0. The van der Waals surface area contributed by atoms with Crippen molar-refractivity contribution in [1.82, 2.24) is 0 Å². The lowest BCUT2D eigenvalue weighted by Crippen LogP contribution is -2.54. The highest BCUT2D eigenvalue weighted by molar-refractivity contribution is 5.92. The third kappa shape index (κ3) is 4.48. The largest absolute Gasteiger partial charge is 0.462 e. The minimum atomic E-state index is -0.629. The summed E-state index contributed by atoms with van der Waals surface area (Å²) < 4.78 is 17.5. The maximum Gasteiger partial charge on any atom is 0.334 e. The molecule has 2 aliphatic carbocycles. The molecular weight excluding hydrogens is 396 g/mol. The Morgan fingerprint density at radius 1 is 1.19 bits per heavy atom. The Morgan fingerprint density at radius 3 is 2.55 bits per heavy atom. The molecule has 3 aliphatic rings. The highest BCUT2D eigenvalue weighted by atomic mass is 16.6. The molecule has 0 aromatic carbocycles. The van der Waals surface area contributed by atoms with E-state index < -0.39 is 17.6 Å². The number of hydrogen-bond acceptors (Lipinski definition) is 6. The van der Waals surface area contributed by atoms with Gasteiger partial charge in [0, 0.05) is 30.8 Å². The maximum atomic E-state index is 12.4. The summed E-state index contributed by atoms with van der Waals surface area (Å²) in [7, 11) is 0. The topological polar surface area (TPSA) is 78.9 Å². The van der Waals surface area contributed by atoms with E-state index in [-0.39, 0.29) is 36.4 Å². The molecule has 3 rings (SSSR count). The smallest absolute Gasteiger partial charge is 0.334 e. The fraction of sp³-hybridized carbons (Fsp3) is 0.640. The Balaban J connectivity index is 2.15. The number of ether oxygens (including phenoxy) is 3. The zero-order valence-electron chi connectivity index (χ0n) is 19.4. The predicted octanol–water partition coefficient (Wildman–Crippen LogP) is 4.58. The van der Waals surface area contributed by atoms with Gasteiger partial charge in [-0.15, -0.1) is 0 Å². The van der Waals surface area contributed by atoms with Crippen molar-refractivity contribution < 1.29 is 28.6 Å². The second-order valence-corrected chi connectivity index (χ2v) is 9.26. The predicted molar refractivity (Wildman–Crippen MR) is 116 cm³/mol. The minimum Gasteiger partial charge on any atom is -0.462 e. The summed E-state index contributed by atoms with van der Waals surface area (Å²) in [6.45, 7) is 11.2. The molecule has 0 saturated carbocycles. The van der Waals surface area contributed by atoms with Gasteiger partial charge in [0.25, 0.3) is 0 Å². The number of fused-ring (bicyclic) bond motifs is 2. The van der Waals surface area contributed by atoms with Gasteiger partial charge in [-0.3, -0.25) is 9.59 Å². The molecular formula is C25H34O6. The fourth-order valence-corrected chi connectivity index (χ4v) is 5.27. The van der Waals surface area contributed by atoms with E-state index in [1.165, 1.54) is 6.92 Å². The van der Waals surface area contributed by atoms with Crippen molar-refractivity contribution in [2.45, 2.75) is 92.0 Å². The zero-order chi connectivity index (χ0) is 22.9. The van der Waals surface area contributed by atoms with E-state index in [9.17, 15) is 14.4 Å². The molecule has 170 valence electrons. The van der Waals surface area contributed by atoms with Crippen LogP contribution in [0.15, 0.2) is 34.4 Å². The van der Waals surface area contributed by atoms with E-state index in [1.807, 2.05) is 19.9 Å². The number of esters is 3.